The Morgan fingerprint density at radius 3 is 2.73 bits per heavy atom. The van der Waals surface area contributed by atoms with Gasteiger partial charge < -0.3 is 5.32 Å². The standard InChI is InChI=1S/C10H20N2O2S/c1-15(13,14)7-6-12-5-4-11-8-10(12)9-2-3-9/h9-11H,2-8H2,1H3. The molecule has 2 rings (SSSR count). The van der Waals surface area contributed by atoms with Crippen molar-refractivity contribution in [3.63, 3.8) is 0 Å². The largest absolute Gasteiger partial charge is 0.314 e. The average molecular weight is 232 g/mol. The highest BCUT2D eigenvalue weighted by Gasteiger charge is 2.36. The highest BCUT2D eigenvalue weighted by Crippen LogP contribution is 2.35. The second kappa shape index (κ2) is 4.39. The molecule has 0 amide bonds. The van der Waals surface area contributed by atoms with Gasteiger partial charge in [-0.3, -0.25) is 4.90 Å². The highest BCUT2D eigenvalue weighted by atomic mass is 32.2. The van der Waals surface area contributed by atoms with E-state index in [2.05, 4.69) is 10.2 Å². The zero-order valence-electron chi connectivity index (χ0n) is 9.28. The molecular weight excluding hydrogens is 212 g/mol. The monoisotopic (exact) mass is 232 g/mol. The molecule has 1 aliphatic heterocycles. The summed E-state index contributed by atoms with van der Waals surface area (Å²) in [6, 6.07) is 0.584. The van der Waals surface area contributed by atoms with E-state index in [1.807, 2.05) is 0 Å². The van der Waals surface area contributed by atoms with Crippen LogP contribution in [0.5, 0.6) is 0 Å². The first-order valence-corrected chi connectivity index (χ1v) is 7.75. The van der Waals surface area contributed by atoms with Crippen LogP contribution in [0.1, 0.15) is 12.8 Å². The molecule has 2 fully saturated rings. The molecule has 0 radical (unpaired) electrons. The van der Waals surface area contributed by atoms with Gasteiger partial charge in [-0.25, -0.2) is 8.42 Å². The summed E-state index contributed by atoms with van der Waals surface area (Å²) in [6.07, 6.45) is 3.96. The maximum absolute atomic E-state index is 11.1. The van der Waals surface area contributed by atoms with E-state index >= 15 is 0 Å². The first-order chi connectivity index (χ1) is 7.06. The van der Waals surface area contributed by atoms with E-state index in [1.54, 1.807) is 0 Å². The van der Waals surface area contributed by atoms with E-state index in [0.29, 0.717) is 18.3 Å². The van der Waals surface area contributed by atoms with Crippen LogP contribution in [0.15, 0.2) is 0 Å². The summed E-state index contributed by atoms with van der Waals surface area (Å²) in [5, 5.41) is 3.39. The predicted molar refractivity (Wildman–Crippen MR) is 60.7 cm³/mol. The molecule has 1 N–H and O–H groups in total. The van der Waals surface area contributed by atoms with Crippen molar-refractivity contribution in [3.8, 4) is 0 Å². The summed E-state index contributed by atoms with van der Waals surface area (Å²) in [4.78, 5) is 2.36. The van der Waals surface area contributed by atoms with Crippen molar-refractivity contribution in [1.29, 1.82) is 0 Å². The second-order valence-electron chi connectivity index (χ2n) is 4.77. The number of nitrogens with zero attached hydrogens (tertiary/aromatic N) is 1. The van der Waals surface area contributed by atoms with Crippen molar-refractivity contribution in [3.05, 3.63) is 0 Å². The summed E-state index contributed by atoms with van der Waals surface area (Å²) in [5.74, 6) is 1.12. The van der Waals surface area contributed by atoms with Gasteiger partial charge in [0.2, 0.25) is 0 Å². The molecule has 1 atom stereocenters. The third-order valence-electron chi connectivity index (χ3n) is 3.31. The number of nitrogens with one attached hydrogen (secondary N) is 1. The van der Waals surface area contributed by atoms with Gasteiger partial charge in [0, 0.05) is 38.5 Å². The van der Waals surface area contributed by atoms with Gasteiger partial charge in [-0.1, -0.05) is 0 Å². The Labute approximate surface area is 91.9 Å². The van der Waals surface area contributed by atoms with Crippen molar-refractivity contribution >= 4 is 9.84 Å². The smallest absolute Gasteiger partial charge is 0.148 e. The number of piperazine rings is 1. The fourth-order valence-corrected chi connectivity index (χ4v) is 2.84. The minimum absolute atomic E-state index is 0.302. The molecule has 0 aromatic carbocycles. The first kappa shape index (κ1) is 11.4. The van der Waals surface area contributed by atoms with Crippen LogP contribution < -0.4 is 5.32 Å². The molecule has 0 aromatic heterocycles. The number of rotatable bonds is 4. The lowest BCUT2D eigenvalue weighted by atomic mass is 10.1. The van der Waals surface area contributed by atoms with Gasteiger partial charge in [0.1, 0.15) is 9.84 Å². The van der Waals surface area contributed by atoms with Gasteiger partial charge in [-0.05, 0) is 18.8 Å². The normalized spacial score (nSPS) is 29.3. The summed E-state index contributed by atoms with van der Waals surface area (Å²) >= 11 is 0. The van der Waals surface area contributed by atoms with Gasteiger partial charge in [-0.2, -0.15) is 0 Å². The zero-order valence-corrected chi connectivity index (χ0v) is 10.1. The Morgan fingerprint density at radius 1 is 1.40 bits per heavy atom. The van der Waals surface area contributed by atoms with Crippen molar-refractivity contribution < 1.29 is 8.42 Å². The Morgan fingerprint density at radius 2 is 2.13 bits per heavy atom. The molecule has 1 heterocycles. The Balaban J connectivity index is 1.87. The van der Waals surface area contributed by atoms with Crippen LogP contribution >= 0.6 is 0 Å². The fraction of sp³-hybridized carbons (Fsp3) is 1.00. The van der Waals surface area contributed by atoms with Crippen molar-refractivity contribution in [2.45, 2.75) is 18.9 Å². The van der Waals surface area contributed by atoms with Crippen LogP contribution in [0.4, 0.5) is 0 Å². The maximum Gasteiger partial charge on any atom is 0.148 e. The highest BCUT2D eigenvalue weighted by molar-refractivity contribution is 7.90. The molecule has 15 heavy (non-hydrogen) atoms. The molecule has 0 aromatic rings. The molecule has 88 valence electrons. The van der Waals surface area contributed by atoms with E-state index in [1.165, 1.54) is 19.1 Å². The SMILES string of the molecule is CS(=O)(=O)CCN1CCNCC1C1CC1. The van der Waals surface area contributed by atoms with E-state index in [-0.39, 0.29) is 0 Å². The Kier molecular flexibility index (Phi) is 3.33. The predicted octanol–water partition coefficient (Wildman–Crippen LogP) is -0.285. The zero-order chi connectivity index (χ0) is 10.9. The van der Waals surface area contributed by atoms with E-state index in [4.69, 9.17) is 0 Å². The number of hydrogen-bond donors (Lipinski definition) is 1. The van der Waals surface area contributed by atoms with Crippen molar-refractivity contribution in [2.75, 3.05) is 38.2 Å². The van der Waals surface area contributed by atoms with Gasteiger partial charge >= 0.3 is 0 Å². The van der Waals surface area contributed by atoms with Gasteiger partial charge in [0.25, 0.3) is 0 Å². The molecule has 1 saturated carbocycles. The quantitative estimate of drug-likeness (QED) is 0.724. The molecule has 1 saturated heterocycles. The van der Waals surface area contributed by atoms with Crippen LogP contribution in [-0.4, -0.2) is 57.5 Å². The maximum atomic E-state index is 11.1. The lowest BCUT2D eigenvalue weighted by Gasteiger charge is -2.36. The molecule has 0 bridgehead atoms. The van der Waals surface area contributed by atoms with Crippen LogP contribution in [0.2, 0.25) is 0 Å². The van der Waals surface area contributed by atoms with Crippen LogP contribution in [-0.2, 0) is 9.84 Å². The third kappa shape index (κ3) is 3.43. The topological polar surface area (TPSA) is 49.4 Å². The molecule has 1 unspecified atom stereocenters. The molecule has 5 heteroatoms. The van der Waals surface area contributed by atoms with Crippen LogP contribution in [0.3, 0.4) is 0 Å². The third-order valence-corrected chi connectivity index (χ3v) is 4.24. The molecular formula is C10H20N2O2S. The summed E-state index contributed by atoms with van der Waals surface area (Å²) < 4.78 is 22.2. The minimum Gasteiger partial charge on any atom is -0.314 e. The lowest BCUT2D eigenvalue weighted by Crippen LogP contribution is -2.53. The lowest BCUT2D eigenvalue weighted by molar-refractivity contribution is 0.152. The van der Waals surface area contributed by atoms with E-state index in [9.17, 15) is 8.42 Å². The molecule has 4 nitrogen and oxygen atoms in total. The van der Waals surface area contributed by atoms with Gasteiger partial charge in [0.15, 0.2) is 0 Å². The van der Waals surface area contributed by atoms with Gasteiger partial charge in [0.05, 0.1) is 5.75 Å². The first-order valence-electron chi connectivity index (χ1n) is 5.69. The van der Waals surface area contributed by atoms with Crippen molar-refractivity contribution in [1.82, 2.24) is 10.2 Å². The molecule has 0 spiro atoms. The summed E-state index contributed by atoms with van der Waals surface area (Å²) in [6.45, 7) is 3.74. The second-order valence-corrected chi connectivity index (χ2v) is 7.03. The average Bonchev–Trinajstić information content (AvgIpc) is 2.97. The fourth-order valence-electron chi connectivity index (χ4n) is 2.27. The Bertz CT molecular complexity index is 311. The van der Waals surface area contributed by atoms with E-state index < -0.39 is 9.84 Å². The van der Waals surface area contributed by atoms with Gasteiger partial charge in [-0.15, -0.1) is 0 Å². The minimum atomic E-state index is -2.81. The van der Waals surface area contributed by atoms with Crippen molar-refractivity contribution in [2.24, 2.45) is 5.92 Å². The molecule has 2 aliphatic rings. The summed E-state index contributed by atoms with van der Waals surface area (Å²) in [7, 11) is -2.81. The van der Waals surface area contributed by atoms with Crippen LogP contribution in [0.25, 0.3) is 0 Å². The Hall–Kier alpha value is -0.130. The molecule has 1 aliphatic carbocycles. The number of hydrogen-bond acceptors (Lipinski definition) is 4. The van der Waals surface area contributed by atoms with E-state index in [0.717, 1.165) is 25.6 Å². The number of sulfone groups is 1. The summed E-state index contributed by atoms with van der Waals surface area (Å²) in [5.41, 5.74) is 0. The van der Waals surface area contributed by atoms with Crippen LogP contribution in [0, 0.1) is 5.92 Å².